The lowest BCUT2D eigenvalue weighted by Crippen LogP contribution is -2.34. The molecule has 116 valence electrons. The number of anilines is 1. The van der Waals surface area contributed by atoms with Gasteiger partial charge < -0.3 is 9.64 Å². The standard InChI is InChI=1S/C18H22N2O2/c1-13-6-5-9-20(12-13)17-10-14(11-18(21)22-2)19-16-8-4-3-7-15(16)17/h3-4,7-8,10,13H,5-6,9,11-12H2,1-2H3. The largest absolute Gasteiger partial charge is 0.469 e. The van der Waals surface area contributed by atoms with Crippen LogP contribution in [-0.4, -0.2) is 31.2 Å². The lowest BCUT2D eigenvalue weighted by atomic mass is 9.99. The monoisotopic (exact) mass is 298 g/mol. The minimum Gasteiger partial charge on any atom is -0.469 e. The Morgan fingerprint density at radius 1 is 1.41 bits per heavy atom. The molecule has 0 radical (unpaired) electrons. The van der Waals surface area contributed by atoms with E-state index < -0.39 is 0 Å². The first-order valence-corrected chi connectivity index (χ1v) is 7.88. The second kappa shape index (κ2) is 6.34. The zero-order valence-corrected chi connectivity index (χ0v) is 13.2. The van der Waals surface area contributed by atoms with Crippen molar-refractivity contribution in [3.8, 4) is 0 Å². The van der Waals surface area contributed by atoms with E-state index >= 15 is 0 Å². The van der Waals surface area contributed by atoms with Crippen molar-refractivity contribution >= 4 is 22.6 Å². The van der Waals surface area contributed by atoms with E-state index in [0.717, 1.165) is 29.7 Å². The number of esters is 1. The van der Waals surface area contributed by atoms with Crippen molar-refractivity contribution in [2.24, 2.45) is 5.92 Å². The second-order valence-electron chi connectivity index (χ2n) is 6.10. The maximum atomic E-state index is 11.6. The highest BCUT2D eigenvalue weighted by Gasteiger charge is 2.20. The summed E-state index contributed by atoms with van der Waals surface area (Å²) in [4.78, 5) is 18.6. The van der Waals surface area contributed by atoms with Gasteiger partial charge in [-0.1, -0.05) is 25.1 Å². The number of carbonyl (C=O) groups excluding carboxylic acids is 1. The number of carbonyl (C=O) groups is 1. The molecule has 0 N–H and O–H groups in total. The van der Waals surface area contributed by atoms with Gasteiger partial charge in [-0.3, -0.25) is 9.78 Å². The molecule has 4 heteroatoms. The summed E-state index contributed by atoms with van der Waals surface area (Å²) in [5.74, 6) is 0.450. The summed E-state index contributed by atoms with van der Waals surface area (Å²) in [5, 5.41) is 1.16. The Morgan fingerprint density at radius 3 is 3.00 bits per heavy atom. The van der Waals surface area contributed by atoms with Gasteiger partial charge in [-0.05, 0) is 30.9 Å². The predicted molar refractivity (Wildman–Crippen MR) is 88.1 cm³/mol. The van der Waals surface area contributed by atoms with Gasteiger partial charge in [0, 0.05) is 24.2 Å². The van der Waals surface area contributed by atoms with E-state index in [1.165, 1.54) is 25.6 Å². The van der Waals surface area contributed by atoms with Gasteiger partial charge in [0.1, 0.15) is 0 Å². The molecule has 3 rings (SSSR count). The summed E-state index contributed by atoms with van der Waals surface area (Å²) in [6.45, 7) is 4.42. The number of ether oxygens (including phenoxy) is 1. The fourth-order valence-electron chi connectivity index (χ4n) is 3.19. The average molecular weight is 298 g/mol. The molecule has 0 amide bonds. The van der Waals surface area contributed by atoms with Crippen molar-refractivity contribution in [1.82, 2.24) is 4.98 Å². The van der Waals surface area contributed by atoms with Gasteiger partial charge >= 0.3 is 5.97 Å². The first-order chi connectivity index (χ1) is 10.7. The molecule has 0 bridgehead atoms. The van der Waals surface area contributed by atoms with Crippen molar-refractivity contribution in [2.45, 2.75) is 26.2 Å². The minimum atomic E-state index is -0.249. The van der Waals surface area contributed by atoms with Gasteiger partial charge in [-0.25, -0.2) is 0 Å². The third-order valence-corrected chi connectivity index (χ3v) is 4.30. The first kappa shape index (κ1) is 14.8. The fourth-order valence-corrected chi connectivity index (χ4v) is 3.19. The number of aromatic nitrogens is 1. The number of fused-ring (bicyclic) bond motifs is 1. The van der Waals surface area contributed by atoms with Crippen LogP contribution in [0.25, 0.3) is 10.9 Å². The molecule has 1 aromatic heterocycles. The van der Waals surface area contributed by atoms with Crippen LogP contribution in [0, 0.1) is 5.92 Å². The van der Waals surface area contributed by atoms with Crippen molar-refractivity contribution < 1.29 is 9.53 Å². The van der Waals surface area contributed by atoms with Crippen LogP contribution in [0.2, 0.25) is 0 Å². The van der Waals surface area contributed by atoms with E-state index in [-0.39, 0.29) is 12.4 Å². The molecule has 22 heavy (non-hydrogen) atoms. The Labute approximate surface area is 131 Å². The predicted octanol–water partition coefficient (Wildman–Crippen LogP) is 3.19. The van der Waals surface area contributed by atoms with Crippen molar-refractivity contribution in [2.75, 3.05) is 25.1 Å². The topological polar surface area (TPSA) is 42.4 Å². The highest BCUT2D eigenvalue weighted by Crippen LogP contribution is 2.30. The Hall–Kier alpha value is -2.10. The van der Waals surface area contributed by atoms with Crippen molar-refractivity contribution in [3.63, 3.8) is 0 Å². The molecule has 1 unspecified atom stereocenters. The van der Waals surface area contributed by atoms with Crippen LogP contribution in [0.4, 0.5) is 5.69 Å². The number of nitrogens with zero attached hydrogens (tertiary/aromatic N) is 2. The molecular formula is C18H22N2O2. The zero-order valence-electron chi connectivity index (χ0n) is 13.2. The number of hydrogen-bond donors (Lipinski definition) is 0. The van der Waals surface area contributed by atoms with Crippen molar-refractivity contribution in [1.29, 1.82) is 0 Å². The Bertz CT molecular complexity index is 684. The number of rotatable bonds is 3. The van der Waals surface area contributed by atoms with Gasteiger partial charge in [0.05, 0.1) is 24.7 Å². The van der Waals surface area contributed by atoms with Gasteiger partial charge in [-0.15, -0.1) is 0 Å². The van der Waals surface area contributed by atoms with E-state index in [0.29, 0.717) is 5.92 Å². The lowest BCUT2D eigenvalue weighted by Gasteiger charge is -2.33. The number of benzene rings is 1. The van der Waals surface area contributed by atoms with Gasteiger partial charge in [0.2, 0.25) is 0 Å². The number of pyridine rings is 1. The summed E-state index contributed by atoms with van der Waals surface area (Å²) in [6.07, 6.45) is 2.72. The van der Waals surface area contributed by atoms with Gasteiger partial charge in [0.25, 0.3) is 0 Å². The molecule has 0 saturated carbocycles. The van der Waals surface area contributed by atoms with Crippen LogP contribution < -0.4 is 4.90 Å². The third-order valence-electron chi connectivity index (χ3n) is 4.30. The third kappa shape index (κ3) is 3.06. The Balaban J connectivity index is 2.03. The maximum absolute atomic E-state index is 11.6. The Morgan fingerprint density at radius 2 is 2.23 bits per heavy atom. The summed E-state index contributed by atoms with van der Waals surface area (Å²) in [7, 11) is 1.41. The van der Waals surface area contributed by atoms with E-state index in [2.05, 4.69) is 28.9 Å². The van der Waals surface area contributed by atoms with E-state index in [1.807, 2.05) is 18.2 Å². The zero-order chi connectivity index (χ0) is 15.5. The molecule has 2 heterocycles. The van der Waals surface area contributed by atoms with E-state index in [1.54, 1.807) is 0 Å². The molecular weight excluding hydrogens is 276 g/mol. The molecule has 1 saturated heterocycles. The van der Waals surface area contributed by atoms with E-state index in [9.17, 15) is 4.79 Å². The first-order valence-electron chi connectivity index (χ1n) is 7.88. The van der Waals surface area contributed by atoms with Crippen LogP contribution in [-0.2, 0) is 16.0 Å². The molecule has 1 aliphatic rings. The molecule has 0 aliphatic carbocycles. The van der Waals surface area contributed by atoms with Crippen LogP contribution in [0.3, 0.4) is 0 Å². The van der Waals surface area contributed by atoms with Crippen LogP contribution in [0.15, 0.2) is 30.3 Å². The summed E-state index contributed by atoms with van der Waals surface area (Å²) in [6, 6.07) is 10.2. The summed E-state index contributed by atoms with van der Waals surface area (Å²) in [5.41, 5.74) is 2.91. The number of methoxy groups -OCH3 is 1. The molecule has 1 aliphatic heterocycles. The molecule has 2 aromatic rings. The lowest BCUT2D eigenvalue weighted by molar-refractivity contribution is -0.139. The second-order valence-corrected chi connectivity index (χ2v) is 6.10. The quantitative estimate of drug-likeness (QED) is 0.816. The molecule has 0 spiro atoms. The minimum absolute atomic E-state index is 0.220. The van der Waals surface area contributed by atoms with Gasteiger partial charge in [-0.2, -0.15) is 0 Å². The summed E-state index contributed by atoms with van der Waals surface area (Å²) < 4.78 is 4.78. The fraction of sp³-hybridized carbons (Fsp3) is 0.444. The molecule has 1 fully saturated rings. The normalized spacial score (nSPS) is 18.5. The smallest absolute Gasteiger partial charge is 0.311 e. The highest BCUT2D eigenvalue weighted by molar-refractivity contribution is 5.92. The van der Waals surface area contributed by atoms with Crippen LogP contribution in [0.5, 0.6) is 0 Å². The average Bonchev–Trinajstić information content (AvgIpc) is 2.54. The number of para-hydroxylation sites is 1. The maximum Gasteiger partial charge on any atom is 0.311 e. The SMILES string of the molecule is COC(=O)Cc1cc(N2CCCC(C)C2)c2ccccc2n1. The molecule has 4 nitrogen and oxygen atoms in total. The number of hydrogen-bond acceptors (Lipinski definition) is 4. The molecule has 1 atom stereocenters. The van der Waals surface area contributed by atoms with Crippen LogP contribution >= 0.6 is 0 Å². The molecule has 1 aromatic carbocycles. The highest BCUT2D eigenvalue weighted by atomic mass is 16.5. The Kier molecular flexibility index (Phi) is 4.27. The van der Waals surface area contributed by atoms with E-state index in [4.69, 9.17) is 4.74 Å². The number of piperidine rings is 1. The summed E-state index contributed by atoms with van der Waals surface area (Å²) >= 11 is 0. The van der Waals surface area contributed by atoms with Gasteiger partial charge in [0.15, 0.2) is 0 Å². The van der Waals surface area contributed by atoms with Crippen LogP contribution in [0.1, 0.15) is 25.5 Å². The van der Waals surface area contributed by atoms with Crippen molar-refractivity contribution in [3.05, 3.63) is 36.0 Å².